The Bertz CT molecular complexity index is 1100. The Morgan fingerprint density at radius 3 is 2.52 bits per heavy atom. The second-order valence-electron chi connectivity index (χ2n) is 6.38. The van der Waals surface area contributed by atoms with Crippen molar-refractivity contribution in [2.75, 3.05) is 14.2 Å². The number of nitrogens with one attached hydrogen (secondary N) is 1. The number of methoxy groups -OCH3 is 2. The Morgan fingerprint density at radius 1 is 1.03 bits per heavy atom. The number of benzene rings is 3. The van der Waals surface area contributed by atoms with Crippen molar-refractivity contribution in [3.8, 4) is 17.2 Å². The van der Waals surface area contributed by atoms with Crippen LogP contribution < -0.4 is 19.6 Å². The van der Waals surface area contributed by atoms with E-state index in [1.807, 2.05) is 0 Å². The monoisotopic (exact) mass is 486 g/mol. The number of carbonyl (C=O) groups excluding carboxylic acids is 1. The first kappa shape index (κ1) is 22.3. The van der Waals surface area contributed by atoms with Crippen molar-refractivity contribution in [1.29, 1.82) is 0 Å². The van der Waals surface area contributed by atoms with Crippen LogP contribution in [-0.4, -0.2) is 26.3 Å². The maximum absolute atomic E-state index is 13.3. The minimum atomic E-state index is -0.383. The first-order valence-corrected chi connectivity index (χ1v) is 10.0. The van der Waals surface area contributed by atoms with E-state index in [2.05, 4.69) is 26.5 Å². The number of nitrogens with zero attached hydrogens (tertiary/aromatic N) is 1. The van der Waals surface area contributed by atoms with E-state index < -0.39 is 0 Å². The summed E-state index contributed by atoms with van der Waals surface area (Å²) in [6, 6.07) is 16.4. The quantitative estimate of drug-likeness (QED) is 0.361. The van der Waals surface area contributed by atoms with Crippen molar-refractivity contribution >= 4 is 28.1 Å². The van der Waals surface area contributed by atoms with Crippen LogP contribution in [0, 0.1) is 5.82 Å². The molecule has 3 rings (SSSR count). The molecule has 0 bridgehead atoms. The van der Waals surface area contributed by atoms with Crippen molar-refractivity contribution in [2.24, 2.45) is 5.10 Å². The fourth-order valence-electron chi connectivity index (χ4n) is 2.71. The molecule has 0 aliphatic carbocycles. The van der Waals surface area contributed by atoms with Crippen molar-refractivity contribution in [3.05, 3.63) is 87.6 Å². The van der Waals surface area contributed by atoms with Crippen LogP contribution in [0.25, 0.3) is 0 Å². The largest absolute Gasteiger partial charge is 0.493 e. The van der Waals surface area contributed by atoms with Crippen LogP contribution in [0.5, 0.6) is 17.2 Å². The molecule has 8 heteroatoms. The molecule has 0 atom stereocenters. The Balaban J connectivity index is 1.59. The molecule has 1 N–H and O–H groups in total. The number of carbonyl (C=O) groups is 1. The molecule has 3 aromatic rings. The zero-order valence-electron chi connectivity index (χ0n) is 16.9. The molecule has 0 heterocycles. The van der Waals surface area contributed by atoms with E-state index in [1.165, 1.54) is 32.6 Å². The predicted octanol–water partition coefficient (Wildman–Crippen LogP) is 4.95. The first-order chi connectivity index (χ1) is 15.0. The molecule has 160 valence electrons. The Labute approximate surface area is 187 Å². The molecular weight excluding hydrogens is 467 g/mol. The molecule has 6 nitrogen and oxygen atoms in total. The highest BCUT2D eigenvalue weighted by atomic mass is 79.9. The van der Waals surface area contributed by atoms with Crippen LogP contribution in [0.4, 0.5) is 4.39 Å². The summed E-state index contributed by atoms with van der Waals surface area (Å²) >= 11 is 3.45. The molecule has 0 saturated carbocycles. The van der Waals surface area contributed by atoms with Crippen LogP contribution >= 0.6 is 15.9 Å². The van der Waals surface area contributed by atoms with Gasteiger partial charge in [0.05, 0.1) is 24.9 Å². The third-order valence-corrected chi connectivity index (χ3v) is 4.88. The van der Waals surface area contributed by atoms with Gasteiger partial charge in [0.15, 0.2) is 11.5 Å². The standard InChI is InChI=1S/C23H20BrFN2O4/c1-29-21-9-7-17(12-22(21)30-2)23(28)27-26-13-15-6-8-20(19(24)11-15)31-14-16-4-3-5-18(25)10-16/h3-13H,14H2,1-2H3,(H,27,28)/b26-13+. The Morgan fingerprint density at radius 2 is 1.81 bits per heavy atom. The van der Waals surface area contributed by atoms with Crippen LogP contribution in [0.15, 0.2) is 70.2 Å². The second kappa shape index (κ2) is 10.6. The number of hydrogen-bond donors (Lipinski definition) is 1. The maximum Gasteiger partial charge on any atom is 0.271 e. The lowest BCUT2D eigenvalue weighted by Gasteiger charge is -2.09. The number of halogens is 2. The Hall–Kier alpha value is -3.39. The van der Waals surface area contributed by atoms with E-state index in [1.54, 1.807) is 48.5 Å². The normalized spacial score (nSPS) is 10.7. The van der Waals surface area contributed by atoms with Gasteiger partial charge in [-0.15, -0.1) is 0 Å². The highest BCUT2D eigenvalue weighted by Crippen LogP contribution is 2.28. The lowest BCUT2D eigenvalue weighted by Crippen LogP contribution is -2.17. The van der Waals surface area contributed by atoms with Gasteiger partial charge in [-0.05, 0) is 75.6 Å². The molecule has 0 radical (unpaired) electrons. The van der Waals surface area contributed by atoms with Gasteiger partial charge in [0, 0.05) is 5.56 Å². The first-order valence-electron chi connectivity index (χ1n) is 9.22. The van der Waals surface area contributed by atoms with Crippen molar-refractivity contribution in [3.63, 3.8) is 0 Å². The van der Waals surface area contributed by atoms with E-state index in [-0.39, 0.29) is 18.3 Å². The number of rotatable bonds is 8. The minimum absolute atomic E-state index is 0.241. The Kier molecular flexibility index (Phi) is 7.61. The number of hydrazone groups is 1. The van der Waals surface area contributed by atoms with Gasteiger partial charge in [-0.2, -0.15) is 5.10 Å². The summed E-state index contributed by atoms with van der Waals surface area (Å²) < 4.78 is 30.1. The van der Waals surface area contributed by atoms with Gasteiger partial charge < -0.3 is 14.2 Å². The van der Waals surface area contributed by atoms with Crippen LogP contribution in [0.3, 0.4) is 0 Å². The van der Waals surface area contributed by atoms with Gasteiger partial charge in [0.1, 0.15) is 18.2 Å². The lowest BCUT2D eigenvalue weighted by atomic mass is 10.2. The SMILES string of the molecule is COc1ccc(C(=O)N/N=C/c2ccc(OCc3cccc(F)c3)c(Br)c2)cc1OC. The van der Waals surface area contributed by atoms with Gasteiger partial charge in [0.25, 0.3) is 5.91 Å². The van der Waals surface area contributed by atoms with E-state index in [0.717, 1.165) is 11.1 Å². The highest BCUT2D eigenvalue weighted by Gasteiger charge is 2.10. The van der Waals surface area contributed by atoms with E-state index in [4.69, 9.17) is 14.2 Å². The number of ether oxygens (including phenoxy) is 3. The molecule has 0 aromatic heterocycles. The summed E-state index contributed by atoms with van der Waals surface area (Å²) in [4.78, 5) is 12.3. The number of amides is 1. The minimum Gasteiger partial charge on any atom is -0.493 e. The summed E-state index contributed by atoms with van der Waals surface area (Å²) in [6.07, 6.45) is 1.51. The average molecular weight is 487 g/mol. The smallest absolute Gasteiger partial charge is 0.271 e. The van der Waals surface area contributed by atoms with Gasteiger partial charge in [-0.3, -0.25) is 4.79 Å². The molecule has 0 aliphatic heterocycles. The van der Waals surface area contributed by atoms with E-state index in [9.17, 15) is 9.18 Å². The third-order valence-electron chi connectivity index (χ3n) is 4.26. The summed E-state index contributed by atoms with van der Waals surface area (Å²) in [6.45, 7) is 0.241. The zero-order valence-corrected chi connectivity index (χ0v) is 18.5. The van der Waals surface area contributed by atoms with Gasteiger partial charge in [-0.25, -0.2) is 9.82 Å². The zero-order chi connectivity index (χ0) is 22.2. The van der Waals surface area contributed by atoms with Crippen LogP contribution in [0.1, 0.15) is 21.5 Å². The molecule has 0 fully saturated rings. The molecule has 0 saturated heterocycles. The summed E-state index contributed by atoms with van der Waals surface area (Å²) in [5.41, 5.74) is 4.34. The topological polar surface area (TPSA) is 69.2 Å². The predicted molar refractivity (Wildman–Crippen MR) is 119 cm³/mol. The van der Waals surface area contributed by atoms with E-state index >= 15 is 0 Å². The van der Waals surface area contributed by atoms with Gasteiger partial charge >= 0.3 is 0 Å². The maximum atomic E-state index is 13.3. The molecule has 0 aliphatic rings. The molecule has 0 unspecified atom stereocenters. The second-order valence-corrected chi connectivity index (χ2v) is 7.23. The molecule has 3 aromatic carbocycles. The fraction of sp³-hybridized carbons (Fsp3) is 0.130. The molecular formula is C23H20BrFN2O4. The van der Waals surface area contributed by atoms with Gasteiger partial charge in [-0.1, -0.05) is 12.1 Å². The molecule has 31 heavy (non-hydrogen) atoms. The van der Waals surface area contributed by atoms with E-state index in [0.29, 0.717) is 27.3 Å². The number of hydrogen-bond acceptors (Lipinski definition) is 5. The van der Waals surface area contributed by atoms with Crippen LogP contribution in [0.2, 0.25) is 0 Å². The van der Waals surface area contributed by atoms with Crippen molar-refractivity contribution < 1.29 is 23.4 Å². The highest BCUT2D eigenvalue weighted by molar-refractivity contribution is 9.10. The third kappa shape index (κ3) is 6.05. The van der Waals surface area contributed by atoms with Crippen LogP contribution in [-0.2, 0) is 6.61 Å². The summed E-state index contributed by atoms with van der Waals surface area (Å²) in [7, 11) is 3.03. The van der Waals surface area contributed by atoms with Crippen molar-refractivity contribution in [2.45, 2.75) is 6.61 Å². The fourth-order valence-corrected chi connectivity index (χ4v) is 3.22. The summed E-state index contributed by atoms with van der Waals surface area (Å²) in [5, 5.41) is 3.99. The summed E-state index contributed by atoms with van der Waals surface area (Å²) in [5.74, 6) is 0.910. The average Bonchev–Trinajstić information content (AvgIpc) is 2.78. The molecule has 0 spiro atoms. The molecule has 1 amide bonds. The van der Waals surface area contributed by atoms with Gasteiger partial charge in [0.2, 0.25) is 0 Å². The lowest BCUT2D eigenvalue weighted by molar-refractivity contribution is 0.0954. The van der Waals surface area contributed by atoms with Crippen molar-refractivity contribution in [1.82, 2.24) is 5.43 Å².